The lowest BCUT2D eigenvalue weighted by molar-refractivity contribution is 0.412. The molecule has 38 valence electrons. The molecule has 0 unspecified atom stereocenters. The highest BCUT2D eigenvalue weighted by Crippen LogP contribution is 1.97. The first-order valence-corrected chi connectivity index (χ1v) is 1.97. The van der Waals surface area contributed by atoms with Gasteiger partial charge in [-0.25, -0.2) is 4.98 Å². The van der Waals surface area contributed by atoms with Crippen LogP contribution in [-0.2, 0) is 7.05 Å². The summed E-state index contributed by atoms with van der Waals surface area (Å²) in [6, 6.07) is 0.0556. The van der Waals surface area contributed by atoms with Crippen molar-refractivity contribution in [2.75, 3.05) is 0 Å². The third-order valence-electron chi connectivity index (χ3n) is 0.796. The van der Waals surface area contributed by atoms with Crippen LogP contribution in [0.15, 0.2) is 12.4 Å². The van der Waals surface area contributed by atoms with Gasteiger partial charge in [-0.2, -0.15) is 0 Å². The van der Waals surface area contributed by atoms with E-state index in [1.807, 2.05) is 0 Å². The molecule has 0 saturated carbocycles. The van der Waals surface area contributed by atoms with Gasteiger partial charge in [0.05, 0.1) is 0 Å². The van der Waals surface area contributed by atoms with Crippen LogP contribution in [0.25, 0.3) is 0 Å². The van der Waals surface area contributed by atoms with Gasteiger partial charge in [0.25, 0.3) is 6.01 Å². The molecule has 0 radical (unpaired) electrons. The van der Waals surface area contributed by atoms with Crippen molar-refractivity contribution in [1.82, 2.24) is 9.55 Å². The van der Waals surface area contributed by atoms with Gasteiger partial charge in [-0.1, -0.05) is 0 Å². The van der Waals surface area contributed by atoms with Crippen molar-refractivity contribution >= 4 is 0 Å². The zero-order chi connectivity index (χ0) is 5.28. The Morgan fingerprint density at radius 2 is 2.57 bits per heavy atom. The van der Waals surface area contributed by atoms with Crippen molar-refractivity contribution in [3.63, 3.8) is 0 Å². The van der Waals surface area contributed by atoms with E-state index in [1.54, 1.807) is 13.2 Å². The molecule has 0 spiro atoms. The van der Waals surface area contributed by atoms with Crippen molar-refractivity contribution in [3.05, 3.63) is 12.4 Å². The monoisotopic (exact) mass is 98.0 g/mol. The van der Waals surface area contributed by atoms with E-state index >= 15 is 0 Å². The van der Waals surface area contributed by atoms with E-state index in [2.05, 4.69) is 4.98 Å². The molecular weight excluding hydrogens is 92.1 g/mol. The number of imidazole rings is 1. The number of aromatic nitrogens is 2. The van der Waals surface area contributed by atoms with Gasteiger partial charge >= 0.3 is 0 Å². The number of hydrogen-bond donors (Lipinski definition) is 1. The minimum Gasteiger partial charge on any atom is -0.480 e. The fraction of sp³-hybridized carbons (Fsp3) is 0.250. The minimum atomic E-state index is 0.0556. The molecule has 1 rings (SSSR count). The van der Waals surface area contributed by atoms with Crippen LogP contribution in [0.2, 0.25) is 0 Å². The molecule has 0 aliphatic carbocycles. The van der Waals surface area contributed by atoms with Gasteiger partial charge in [0, 0.05) is 19.4 Å². The summed E-state index contributed by atoms with van der Waals surface area (Å²) in [6.07, 6.45) is 3.21. The normalized spacial score (nSPS) is 9.29. The van der Waals surface area contributed by atoms with Crippen LogP contribution in [0, 0.1) is 0 Å². The lowest BCUT2D eigenvalue weighted by Crippen LogP contribution is -1.80. The van der Waals surface area contributed by atoms with Gasteiger partial charge in [0.1, 0.15) is 0 Å². The fourth-order valence-electron chi connectivity index (χ4n) is 0.358. The third kappa shape index (κ3) is 0.559. The Labute approximate surface area is 41.2 Å². The highest BCUT2D eigenvalue weighted by Gasteiger charge is 1.87. The van der Waals surface area contributed by atoms with Gasteiger partial charge in [-0.3, -0.25) is 0 Å². The van der Waals surface area contributed by atoms with Gasteiger partial charge in [0.15, 0.2) is 0 Å². The highest BCUT2D eigenvalue weighted by atomic mass is 16.3. The Hall–Kier alpha value is -0.990. The summed E-state index contributed by atoms with van der Waals surface area (Å²) in [6.45, 7) is 0. The van der Waals surface area contributed by atoms with E-state index in [0.29, 0.717) is 0 Å². The molecule has 0 fully saturated rings. The Bertz CT molecular complexity index is 142. The van der Waals surface area contributed by atoms with E-state index < -0.39 is 0 Å². The van der Waals surface area contributed by atoms with Crippen molar-refractivity contribution in [1.29, 1.82) is 0 Å². The maximum absolute atomic E-state index is 8.61. The number of nitrogens with zero attached hydrogens (tertiary/aromatic N) is 2. The third-order valence-corrected chi connectivity index (χ3v) is 0.796. The first-order valence-electron chi connectivity index (χ1n) is 1.97. The Morgan fingerprint density at radius 1 is 1.86 bits per heavy atom. The quantitative estimate of drug-likeness (QED) is 0.500. The van der Waals surface area contributed by atoms with Crippen LogP contribution < -0.4 is 0 Å². The number of rotatable bonds is 0. The largest absolute Gasteiger partial charge is 0.480 e. The molecule has 1 aromatic heterocycles. The predicted octanol–water partition coefficient (Wildman–Crippen LogP) is 0.126. The van der Waals surface area contributed by atoms with E-state index in [1.165, 1.54) is 10.8 Å². The zero-order valence-electron chi connectivity index (χ0n) is 4.00. The minimum absolute atomic E-state index is 0.0556. The molecule has 0 amide bonds. The second-order valence-electron chi connectivity index (χ2n) is 1.34. The van der Waals surface area contributed by atoms with E-state index in [-0.39, 0.29) is 6.01 Å². The zero-order valence-corrected chi connectivity index (χ0v) is 4.00. The molecule has 0 aliphatic rings. The van der Waals surface area contributed by atoms with Crippen molar-refractivity contribution < 1.29 is 5.11 Å². The smallest absolute Gasteiger partial charge is 0.293 e. The summed E-state index contributed by atoms with van der Waals surface area (Å²) < 4.78 is 1.53. The summed E-state index contributed by atoms with van der Waals surface area (Å²) in [5.41, 5.74) is 0. The summed E-state index contributed by atoms with van der Waals surface area (Å²) in [7, 11) is 1.72. The van der Waals surface area contributed by atoms with Crippen molar-refractivity contribution in [3.8, 4) is 6.01 Å². The maximum Gasteiger partial charge on any atom is 0.293 e. The van der Waals surface area contributed by atoms with E-state index in [0.717, 1.165) is 0 Å². The van der Waals surface area contributed by atoms with Gasteiger partial charge in [-0.15, -0.1) is 0 Å². The first-order chi connectivity index (χ1) is 3.30. The van der Waals surface area contributed by atoms with Crippen LogP contribution in [-0.4, -0.2) is 14.7 Å². The second kappa shape index (κ2) is 1.26. The summed E-state index contributed by atoms with van der Waals surface area (Å²) >= 11 is 0. The Kier molecular flexibility index (Phi) is 0.749. The molecule has 3 nitrogen and oxygen atoms in total. The summed E-state index contributed by atoms with van der Waals surface area (Å²) in [5.74, 6) is 0. The van der Waals surface area contributed by atoms with Crippen LogP contribution in [0.1, 0.15) is 0 Å². The number of aryl methyl sites for hydroxylation is 1. The number of hydrogen-bond acceptors (Lipinski definition) is 2. The van der Waals surface area contributed by atoms with Crippen LogP contribution in [0.4, 0.5) is 0 Å². The Balaban J connectivity index is 3.12. The average Bonchev–Trinajstić information content (AvgIpc) is 1.91. The second-order valence-corrected chi connectivity index (χ2v) is 1.34. The van der Waals surface area contributed by atoms with Crippen LogP contribution in [0.3, 0.4) is 0 Å². The molecule has 1 N–H and O–H groups in total. The number of aromatic hydroxyl groups is 1. The molecule has 0 atom stereocenters. The van der Waals surface area contributed by atoms with E-state index in [4.69, 9.17) is 5.11 Å². The van der Waals surface area contributed by atoms with Gasteiger partial charge in [0.2, 0.25) is 0 Å². The van der Waals surface area contributed by atoms with Crippen molar-refractivity contribution in [2.24, 2.45) is 7.05 Å². The molecular formula is C4H6N2O. The van der Waals surface area contributed by atoms with E-state index in [9.17, 15) is 0 Å². The summed E-state index contributed by atoms with van der Waals surface area (Å²) in [5, 5.41) is 8.61. The predicted molar refractivity (Wildman–Crippen MR) is 24.9 cm³/mol. The molecule has 0 bridgehead atoms. The SMILES string of the molecule is Cn1ccnc1O. The standard InChI is InChI=1S/C4H6N2O/c1-6-3-2-5-4(6)7/h2-3H,1H3,(H,5,7). The molecule has 1 heterocycles. The highest BCUT2D eigenvalue weighted by molar-refractivity contribution is 4.92. The topological polar surface area (TPSA) is 38.0 Å². The summed E-state index contributed by atoms with van der Waals surface area (Å²) in [4.78, 5) is 3.53. The van der Waals surface area contributed by atoms with Crippen LogP contribution >= 0.6 is 0 Å². The van der Waals surface area contributed by atoms with Gasteiger partial charge in [-0.05, 0) is 0 Å². The molecule has 0 saturated heterocycles. The molecule has 7 heavy (non-hydrogen) atoms. The lowest BCUT2D eigenvalue weighted by atomic mass is 10.9. The molecule has 3 heteroatoms. The average molecular weight is 98.1 g/mol. The molecule has 0 aliphatic heterocycles. The Morgan fingerprint density at radius 3 is 2.71 bits per heavy atom. The first kappa shape index (κ1) is 4.18. The molecule has 1 aromatic rings. The lowest BCUT2D eigenvalue weighted by Gasteiger charge is -1.85. The molecule has 0 aromatic carbocycles. The van der Waals surface area contributed by atoms with Gasteiger partial charge < -0.3 is 9.67 Å². The van der Waals surface area contributed by atoms with Crippen molar-refractivity contribution in [2.45, 2.75) is 0 Å². The fourth-order valence-corrected chi connectivity index (χ4v) is 0.358. The van der Waals surface area contributed by atoms with Crippen LogP contribution in [0.5, 0.6) is 6.01 Å². The maximum atomic E-state index is 8.61.